The van der Waals surface area contributed by atoms with Crippen LogP contribution in [-0.4, -0.2) is 62.9 Å². The zero-order valence-corrected chi connectivity index (χ0v) is 17.6. The maximum Gasteiger partial charge on any atom is 0.243 e. The number of sulfonamides is 1. The molecule has 1 aliphatic carbocycles. The second-order valence-corrected chi connectivity index (χ2v) is 9.93. The highest BCUT2D eigenvalue weighted by molar-refractivity contribution is 7.89. The van der Waals surface area contributed by atoms with Gasteiger partial charge >= 0.3 is 0 Å². The summed E-state index contributed by atoms with van der Waals surface area (Å²) in [5, 5.41) is 3.36. The van der Waals surface area contributed by atoms with Crippen LogP contribution in [0.15, 0.2) is 29.2 Å². The van der Waals surface area contributed by atoms with E-state index >= 15 is 0 Å². The van der Waals surface area contributed by atoms with Crippen LogP contribution in [0, 0.1) is 0 Å². The summed E-state index contributed by atoms with van der Waals surface area (Å²) in [6.07, 6.45) is 7.36. The van der Waals surface area contributed by atoms with Crippen molar-refractivity contribution in [3.05, 3.63) is 29.8 Å². The fourth-order valence-electron chi connectivity index (χ4n) is 4.77. The minimum Gasteiger partial charge on any atom is -0.314 e. The first-order valence-electron chi connectivity index (χ1n) is 10.2. The van der Waals surface area contributed by atoms with Gasteiger partial charge < -0.3 is 5.32 Å². The van der Waals surface area contributed by atoms with Crippen LogP contribution in [0.5, 0.6) is 0 Å². The van der Waals surface area contributed by atoms with Crippen LogP contribution in [0.3, 0.4) is 0 Å². The molecule has 7 heteroatoms. The van der Waals surface area contributed by atoms with Crippen LogP contribution in [0.2, 0.25) is 0 Å². The molecule has 1 unspecified atom stereocenters. The molecule has 2 heterocycles. The monoisotopic (exact) mass is 413 g/mol. The first-order valence-corrected chi connectivity index (χ1v) is 11.6. The predicted octanol–water partition coefficient (Wildman–Crippen LogP) is 2.82. The summed E-state index contributed by atoms with van der Waals surface area (Å²) >= 11 is 0. The lowest BCUT2D eigenvalue weighted by atomic mass is 9.84. The van der Waals surface area contributed by atoms with Gasteiger partial charge in [0, 0.05) is 45.3 Å². The van der Waals surface area contributed by atoms with Gasteiger partial charge in [-0.15, -0.1) is 12.4 Å². The lowest BCUT2D eigenvalue weighted by Gasteiger charge is -2.32. The lowest BCUT2D eigenvalue weighted by molar-refractivity contribution is 0.179. The average molecular weight is 414 g/mol. The van der Waals surface area contributed by atoms with Gasteiger partial charge in [0.05, 0.1) is 4.90 Å². The van der Waals surface area contributed by atoms with E-state index in [2.05, 4.69) is 10.2 Å². The number of benzene rings is 1. The van der Waals surface area contributed by atoms with Crippen molar-refractivity contribution >= 4 is 22.4 Å². The van der Waals surface area contributed by atoms with Crippen LogP contribution in [0.25, 0.3) is 0 Å². The molecule has 0 bridgehead atoms. The van der Waals surface area contributed by atoms with Crippen molar-refractivity contribution in [2.75, 3.05) is 39.3 Å². The minimum absolute atomic E-state index is 0. The van der Waals surface area contributed by atoms with Gasteiger partial charge in [0.1, 0.15) is 0 Å². The highest BCUT2D eigenvalue weighted by atomic mass is 35.5. The third kappa shape index (κ3) is 4.67. The van der Waals surface area contributed by atoms with E-state index in [1.807, 2.05) is 24.3 Å². The molecule has 0 spiro atoms. The average Bonchev–Trinajstić information content (AvgIpc) is 3.21. The van der Waals surface area contributed by atoms with Crippen molar-refractivity contribution < 1.29 is 8.42 Å². The van der Waals surface area contributed by atoms with Crippen molar-refractivity contribution in [2.24, 2.45) is 0 Å². The van der Waals surface area contributed by atoms with Crippen molar-refractivity contribution in [1.82, 2.24) is 14.5 Å². The first kappa shape index (κ1) is 21.1. The Morgan fingerprint density at radius 1 is 0.889 bits per heavy atom. The zero-order chi connectivity index (χ0) is 18.0. The smallest absolute Gasteiger partial charge is 0.243 e. The van der Waals surface area contributed by atoms with Crippen molar-refractivity contribution in [1.29, 1.82) is 0 Å². The van der Waals surface area contributed by atoms with E-state index in [9.17, 15) is 8.42 Å². The van der Waals surface area contributed by atoms with Gasteiger partial charge in [-0.1, -0.05) is 31.4 Å². The Balaban J connectivity index is 0.00000210. The maximum atomic E-state index is 13.0. The molecule has 1 N–H and O–H groups in total. The van der Waals surface area contributed by atoms with E-state index in [0.29, 0.717) is 29.9 Å². The molecule has 0 amide bonds. The largest absolute Gasteiger partial charge is 0.314 e. The second kappa shape index (κ2) is 9.23. The number of hydrogen-bond donors (Lipinski definition) is 1. The predicted molar refractivity (Wildman–Crippen MR) is 111 cm³/mol. The van der Waals surface area contributed by atoms with E-state index < -0.39 is 10.0 Å². The molecule has 3 aliphatic rings. The summed E-state index contributed by atoms with van der Waals surface area (Å²) in [6, 6.07) is 8.13. The van der Waals surface area contributed by atoms with Gasteiger partial charge in [0.2, 0.25) is 10.0 Å². The Morgan fingerprint density at radius 3 is 2.22 bits per heavy atom. The van der Waals surface area contributed by atoms with E-state index in [0.717, 1.165) is 32.6 Å². The molecule has 1 saturated carbocycles. The third-order valence-corrected chi connectivity index (χ3v) is 8.27. The van der Waals surface area contributed by atoms with Gasteiger partial charge in [-0.2, -0.15) is 4.31 Å². The molecule has 0 aromatic heterocycles. The summed E-state index contributed by atoms with van der Waals surface area (Å²) in [7, 11) is -3.37. The summed E-state index contributed by atoms with van der Waals surface area (Å²) in [6.45, 7) is 5.33. The van der Waals surface area contributed by atoms with Crippen molar-refractivity contribution in [2.45, 2.75) is 55.4 Å². The minimum atomic E-state index is -3.37. The summed E-state index contributed by atoms with van der Waals surface area (Å²) in [5.41, 5.74) is 1.31. The Labute approximate surface area is 170 Å². The molecule has 2 aliphatic heterocycles. The SMILES string of the molecule is Cl.O=S(=O)(c1ccc(C2CCCCC2)cc1)N1CCC(N2CCNCC2)C1. The topological polar surface area (TPSA) is 52.7 Å². The van der Waals surface area contributed by atoms with Crippen molar-refractivity contribution in [3.63, 3.8) is 0 Å². The van der Waals surface area contributed by atoms with Crippen LogP contribution in [0.4, 0.5) is 0 Å². The Morgan fingerprint density at radius 2 is 1.56 bits per heavy atom. The molecular formula is C20H32ClN3O2S. The molecule has 5 nitrogen and oxygen atoms in total. The summed E-state index contributed by atoms with van der Waals surface area (Å²) < 4.78 is 27.8. The standard InChI is InChI=1S/C20H31N3O2S.ClH/c24-26(25,23-13-10-19(16-23)22-14-11-21-12-15-22)20-8-6-18(7-9-20)17-4-2-1-3-5-17;/h6-9,17,19,21H,1-5,10-16H2;1H. The van der Waals surface area contributed by atoms with Crippen LogP contribution in [0.1, 0.15) is 50.0 Å². The fraction of sp³-hybridized carbons (Fsp3) is 0.700. The van der Waals surface area contributed by atoms with Gasteiger partial charge in [-0.3, -0.25) is 4.90 Å². The maximum absolute atomic E-state index is 13.0. The number of hydrogen-bond acceptors (Lipinski definition) is 4. The highest BCUT2D eigenvalue weighted by Gasteiger charge is 2.35. The van der Waals surface area contributed by atoms with Crippen LogP contribution in [-0.2, 0) is 10.0 Å². The summed E-state index contributed by atoms with van der Waals surface area (Å²) in [5.74, 6) is 0.615. The van der Waals surface area contributed by atoms with E-state index in [-0.39, 0.29) is 12.4 Å². The normalized spacial score (nSPS) is 26.0. The number of piperazine rings is 1. The van der Waals surface area contributed by atoms with Gasteiger partial charge in [0.15, 0.2) is 0 Å². The second-order valence-electron chi connectivity index (χ2n) is 8.00. The van der Waals surface area contributed by atoms with Gasteiger partial charge in [0.25, 0.3) is 0 Å². The number of halogens is 1. The van der Waals surface area contributed by atoms with Crippen LogP contribution < -0.4 is 5.32 Å². The first-order chi connectivity index (χ1) is 12.6. The molecule has 1 aromatic carbocycles. The molecule has 1 aromatic rings. The molecule has 2 saturated heterocycles. The fourth-order valence-corrected chi connectivity index (χ4v) is 6.26. The zero-order valence-electron chi connectivity index (χ0n) is 16.0. The Bertz CT molecular complexity index is 698. The quantitative estimate of drug-likeness (QED) is 0.824. The van der Waals surface area contributed by atoms with Gasteiger partial charge in [-0.25, -0.2) is 8.42 Å². The number of nitrogens with one attached hydrogen (secondary N) is 1. The Kier molecular flexibility index (Phi) is 7.20. The number of nitrogens with zero attached hydrogens (tertiary/aromatic N) is 2. The van der Waals surface area contributed by atoms with Gasteiger partial charge in [-0.05, 0) is 42.9 Å². The van der Waals surface area contributed by atoms with E-state index in [1.54, 1.807) is 4.31 Å². The molecule has 4 rings (SSSR count). The molecule has 1 atom stereocenters. The molecule has 0 radical (unpaired) electrons. The molecule has 152 valence electrons. The highest BCUT2D eigenvalue weighted by Crippen LogP contribution is 2.33. The van der Waals surface area contributed by atoms with Crippen LogP contribution >= 0.6 is 12.4 Å². The van der Waals surface area contributed by atoms with Crippen molar-refractivity contribution in [3.8, 4) is 0 Å². The summed E-state index contributed by atoms with van der Waals surface area (Å²) in [4.78, 5) is 2.90. The molecule has 3 fully saturated rings. The number of rotatable bonds is 4. The van der Waals surface area contributed by atoms with E-state index in [4.69, 9.17) is 0 Å². The Hall–Kier alpha value is -0.660. The third-order valence-electron chi connectivity index (χ3n) is 6.39. The lowest BCUT2D eigenvalue weighted by Crippen LogP contribution is -2.49. The van der Waals surface area contributed by atoms with E-state index in [1.165, 1.54) is 37.7 Å². The molecular weight excluding hydrogens is 382 g/mol. The molecule has 27 heavy (non-hydrogen) atoms.